The van der Waals surface area contributed by atoms with Crippen molar-refractivity contribution in [2.75, 3.05) is 33.4 Å². The van der Waals surface area contributed by atoms with Crippen LogP contribution < -0.4 is 0 Å². The molecule has 7 nitrogen and oxygen atoms in total. The van der Waals surface area contributed by atoms with Gasteiger partial charge in [0.2, 0.25) is 15.9 Å². The van der Waals surface area contributed by atoms with Crippen LogP contribution >= 0.6 is 0 Å². The van der Waals surface area contributed by atoms with Crippen LogP contribution in [-0.2, 0) is 33.1 Å². The topological polar surface area (TPSA) is 71.8 Å². The Hall–Kier alpha value is -2.68. The van der Waals surface area contributed by atoms with Crippen molar-refractivity contribution in [2.24, 2.45) is 7.05 Å². The number of benzene rings is 1. The number of rotatable bonds is 12. The van der Waals surface area contributed by atoms with E-state index < -0.39 is 10.0 Å². The van der Waals surface area contributed by atoms with Crippen LogP contribution in [0.4, 0.5) is 0 Å². The minimum atomic E-state index is -3.80. The van der Waals surface area contributed by atoms with Crippen LogP contribution in [-0.4, -0.2) is 61.4 Å². The number of hydrogen-bond acceptors (Lipinski definition) is 4. The first-order valence-electron chi connectivity index (χ1n) is 9.58. The summed E-state index contributed by atoms with van der Waals surface area (Å²) in [5.41, 5.74) is 1.71. The molecule has 30 heavy (non-hydrogen) atoms. The normalized spacial score (nSPS) is 11.8. The number of carbonyl (C=O) groups excluding carboxylic acids is 1. The average Bonchev–Trinajstić information content (AvgIpc) is 3.14. The fraction of sp³-hybridized carbons (Fsp3) is 0.318. The van der Waals surface area contributed by atoms with Crippen molar-refractivity contribution in [3.63, 3.8) is 0 Å². The van der Waals surface area contributed by atoms with Crippen molar-refractivity contribution in [3.8, 4) is 0 Å². The van der Waals surface area contributed by atoms with Crippen LogP contribution in [0.1, 0.15) is 11.3 Å². The van der Waals surface area contributed by atoms with Crippen molar-refractivity contribution in [2.45, 2.75) is 6.54 Å². The lowest BCUT2D eigenvalue weighted by atomic mass is 10.2. The third-order valence-corrected chi connectivity index (χ3v) is 6.04. The number of aryl methyl sites for hydroxylation is 1. The molecule has 8 heteroatoms. The molecule has 1 heterocycles. The molecule has 0 fully saturated rings. The van der Waals surface area contributed by atoms with Crippen LogP contribution in [0.3, 0.4) is 0 Å². The van der Waals surface area contributed by atoms with E-state index in [4.69, 9.17) is 4.74 Å². The second-order valence-electron chi connectivity index (χ2n) is 6.76. The van der Waals surface area contributed by atoms with E-state index >= 15 is 0 Å². The molecular formula is C22H29N3O4S. The lowest BCUT2D eigenvalue weighted by Crippen LogP contribution is -2.43. The first-order chi connectivity index (χ1) is 14.4. The summed E-state index contributed by atoms with van der Waals surface area (Å²) in [5.74, 6) is -0.299. The molecule has 162 valence electrons. The van der Waals surface area contributed by atoms with E-state index in [2.05, 4.69) is 6.58 Å². The Balaban J connectivity index is 2.16. The largest absolute Gasteiger partial charge is 0.383 e. The molecule has 0 aliphatic rings. The van der Waals surface area contributed by atoms with Crippen molar-refractivity contribution in [1.82, 2.24) is 13.8 Å². The minimum absolute atomic E-state index is 0.0372. The highest BCUT2D eigenvalue weighted by Crippen LogP contribution is 2.11. The Labute approximate surface area is 178 Å². The first-order valence-corrected chi connectivity index (χ1v) is 11.1. The highest BCUT2D eigenvalue weighted by Gasteiger charge is 2.24. The SMILES string of the molecule is C=CCN(CC(=O)N(CCOC)Cc1cccn1C)S(=O)(=O)C=Cc1ccccc1. The Morgan fingerprint density at radius 1 is 1.20 bits per heavy atom. The van der Waals surface area contributed by atoms with Gasteiger partial charge in [-0.1, -0.05) is 36.4 Å². The van der Waals surface area contributed by atoms with Crippen LogP contribution in [0.15, 0.2) is 66.7 Å². The molecule has 0 aliphatic carbocycles. The van der Waals surface area contributed by atoms with Crippen LogP contribution in [0.2, 0.25) is 0 Å². The van der Waals surface area contributed by atoms with E-state index in [1.807, 2.05) is 48.1 Å². The number of hydrogen-bond donors (Lipinski definition) is 0. The van der Waals surface area contributed by atoms with Crippen LogP contribution in [0.5, 0.6) is 0 Å². The molecule has 0 radical (unpaired) electrons. The second-order valence-corrected chi connectivity index (χ2v) is 8.58. The zero-order chi connectivity index (χ0) is 22.0. The number of aromatic nitrogens is 1. The molecule has 0 aliphatic heterocycles. The van der Waals surface area contributed by atoms with Gasteiger partial charge in [0.15, 0.2) is 0 Å². The van der Waals surface area contributed by atoms with Crippen molar-refractivity contribution in [3.05, 3.63) is 78.0 Å². The van der Waals surface area contributed by atoms with E-state index in [1.54, 1.807) is 24.1 Å². The van der Waals surface area contributed by atoms with E-state index in [0.717, 1.165) is 21.0 Å². The Kier molecular flexibility index (Phi) is 9.04. The number of sulfonamides is 1. The quantitative estimate of drug-likeness (QED) is 0.484. The summed E-state index contributed by atoms with van der Waals surface area (Å²) in [6.07, 6.45) is 4.89. The second kappa shape index (κ2) is 11.5. The summed E-state index contributed by atoms with van der Waals surface area (Å²) in [4.78, 5) is 14.6. The number of methoxy groups -OCH3 is 1. The highest BCUT2D eigenvalue weighted by molar-refractivity contribution is 7.92. The van der Waals surface area contributed by atoms with Gasteiger partial charge < -0.3 is 14.2 Å². The monoisotopic (exact) mass is 431 g/mol. The minimum Gasteiger partial charge on any atom is -0.383 e. The lowest BCUT2D eigenvalue weighted by Gasteiger charge is -2.26. The molecule has 0 bridgehead atoms. The standard InChI is InChI=1S/C22H29N3O4S/c1-4-13-25(30(27,28)17-12-20-9-6-5-7-10-20)19-22(26)24(15-16-29-3)18-21-11-8-14-23(21)2/h4-12,14,17H,1,13,15-16,18-19H2,2-3H3. The molecule has 0 N–H and O–H groups in total. The summed E-state index contributed by atoms with van der Waals surface area (Å²) in [7, 11) is -0.341. The lowest BCUT2D eigenvalue weighted by molar-refractivity contribution is -0.132. The molecule has 2 rings (SSSR count). The third-order valence-electron chi connectivity index (χ3n) is 4.56. The van der Waals surface area contributed by atoms with Gasteiger partial charge in [0, 0.05) is 44.5 Å². The van der Waals surface area contributed by atoms with E-state index in [0.29, 0.717) is 19.7 Å². The molecular weight excluding hydrogens is 402 g/mol. The zero-order valence-corrected chi connectivity index (χ0v) is 18.3. The van der Waals surface area contributed by atoms with Gasteiger partial charge in [-0.15, -0.1) is 6.58 Å². The Bertz CT molecular complexity index is 952. The summed E-state index contributed by atoms with van der Waals surface area (Å²) in [6.45, 7) is 4.48. The molecule has 1 amide bonds. The van der Waals surface area contributed by atoms with Crippen LogP contribution in [0.25, 0.3) is 6.08 Å². The van der Waals surface area contributed by atoms with Gasteiger partial charge in [0.1, 0.15) is 0 Å². The van der Waals surface area contributed by atoms with E-state index in [1.165, 1.54) is 12.2 Å². The average molecular weight is 432 g/mol. The summed E-state index contributed by atoms with van der Waals surface area (Å²) >= 11 is 0. The predicted molar refractivity (Wildman–Crippen MR) is 119 cm³/mol. The maximum atomic E-state index is 13.0. The molecule has 0 saturated carbocycles. The van der Waals surface area contributed by atoms with Crippen LogP contribution in [0, 0.1) is 0 Å². The zero-order valence-electron chi connectivity index (χ0n) is 17.5. The van der Waals surface area contributed by atoms with Gasteiger partial charge in [0.05, 0.1) is 19.7 Å². The first kappa shape index (κ1) is 23.6. The number of amides is 1. The van der Waals surface area contributed by atoms with Gasteiger partial charge in [0.25, 0.3) is 0 Å². The number of nitrogens with zero attached hydrogens (tertiary/aromatic N) is 3. The molecule has 2 aromatic rings. The van der Waals surface area contributed by atoms with E-state index in [9.17, 15) is 13.2 Å². The van der Waals surface area contributed by atoms with Gasteiger partial charge in [-0.05, 0) is 23.8 Å². The molecule has 0 atom stereocenters. The number of ether oxygens (including phenoxy) is 1. The van der Waals surface area contributed by atoms with Crippen molar-refractivity contribution < 1.29 is 17.9 Å². The molecule has 0 unspecified atom stereocenters. The fourth-order valence-electron chi connectivity index (χ4n) is 2.82. The Morgan fingerprint density at radius 2 is 1.93 bits per heavy atom. The fourth-order valence-corrected chi connectivity index (χ4v) is 3.92. The van der Waals surface area contributed by atoms with Gasteiger partial charge in [-0.2, -0.15) is 4.31 Å². The third kappa shape index (κ3) is 6.98. The maximum absolute atomic E-state index is 13.0. The maximum Gasteiger partial charge on any atom is 0.238 e. The van der Waals surface area contributed by atoms with Gasteiger partial charge in [-0.25, -0.2) is 8.42 Å². The van der Waals surface area contributed by atoms with Gasteiger partial charge in [-0.3, -0.25) is 4.79 Å². The number of carbonyl (C=O) groups is 1. The van der Waals surface area contributed by atoms with Gasteiger partial charge >= 0.3 is 0 Å². The van der Waals surface area contributed by atoms with Crippen molar-refractivity contribution in [1.29, 1.82) is 0 Å². The van der Waals surface area contributed by atoms with Crippen molar-refractivity contribution >= 4 is 22.0 Å². The smallest absolute Gasteiger partial charge is 0.238 e. The molecule has 1 aromatic carbocycles. The molecule has 1 aromatic heterocycles. The Morgan fingerprint density at radius 3 is 2.53 bits per heavy atom. The summed E-state index contributed by atoms with van der Waals surface area (Å²) < 4.78 is 33.8. The molecule has 0 spiro atoms. The summed E-state index contributed by atoms with van der Waals surface area (Å²) in [5, 5.41) is 1.12. The summed E-state index contributed by atoms with van der Waals surface area (Å²) in [6, 6.07) is 13.0. The highest BCUT2D eigenvalue weighted by atomic mass is 32.2. The molecule has 0 saturated heterocycles. The van der Waals surface area contributed by atoms with E-state index in [-0.39, 0.29) is 19.0 Å². The predicted octanol–water partition coefficient (Wildman–Crippen LogP) is 2.49.